The highest BCUT2D eigenvalue weighted by atomic mass is 16.1. The normalized spacial score (nSPS) is 9.64. The Balaban J connectivity index is 1.97. The highest BCUT2D eigenvalue weighted by Crippen LogP contribution is 2.19. The molecule has 0 atom stereocenters. The van der Waals surface area contributed by atoms with Gasteiger partial charge >= 0.3 is 0 Å². The Bertz CT molecular complexity index is 843. The SMILES string of the molecule is O=Cc1cc(-c2ccccc2)cnc1C#Cc1ccccc1. The number of nitrogens with zero attached hydrogens (tertiary/aromatic N) is 1. The first kappa shape index (κ1) is 13.8. The molecule has 0 amide bonds. The zero-order valence-electron chi connectivity index (χ0n) is 11.9. The zero-order valence-corrected chi connectivity index (χ0v) is 11.9. The highest BCUT2D eigenvalue weighted by molar-refractivity contribution is 5.81. The third-order valence-corrected chi connectivity index (χ3v) is 3.25. The van der Waals surface area contributed by atoms with Crippen LogP contribution in [0.1, 0.15) is 21.6 Å². The lowest BCUT2D eigenvalue weighted by molar-refractivity contribution is 0.112. The summed E-state index contributed by atoms with van der Waals surface area (Å²) >= 11 is 0. The lowest BCUT2D eigenvalue weighted by Gasteiger charge is -2.03. The minimum absolute atomic E-state index is 0.499. The first-order chi connectivity index (χ1) is 10.9. The summed E-state index contributed by atoms with van der Waals surface area (Å²) in [7, 11) is 0. The van der Waals surface area contributed by atoms with Gasteiger partial charge in [-0.3, -0.25) is 4.79 Å². The van der Waals surface area contributed by atoms with Gasteiger partial charge in [0.05, 0.1) is 0 Å². The summed E-state index contributed by atoms with van der Waals surface area (Å²) in [6.45, 7) is 0. The molecule has 0 aliphatic heterocycles. The van der Waals surface area contributed by atoms with Crippen molar-refractivity contribution >= 4 is 6.29 Å². The quantitative estimate of drug-likeness (QED) is 0.526. The lowest BCUT2D eigenvalue weighted by atomic mass is 10.0. The van der Waals surface area contributed by atoms with Crippen molar-refractivity contribution in [2.24, 2.45) is 0 Å². The summed E-state index contributed by atoms with van der Waals surface area (Å²) in [5.74, 6) is 5.99. The van der Waals surface area contributed by atoms with Crippen molar-refractivity contribution < 1.29 is 4.79 Å². The third-order valence-electron chi connectivity index (χ3n) is 3.25. The molecule has 0 saturated heterocycles. The second-order valence-corrected chi connectivity index (χ2v) is 4.76. The first-order valence-electron chi connectivity index (χ1n) is 6.94. The molecule has 2 nitrogen and oxygen atoms in total. The van der Waals surface area contributed by atoms with E-state index in [-0.39, 0.29) is 0 Å². The van der Waals surface area contributed by atoms with Crippen LogP contribution < -0.4 is 0 Å². The van der Waals surface area contributed by atoms with E-state index in [0.29, 0.717) is 11.3 Å². The summed E-state index contributed by atoms with van der Waals surface area (Å²) in [4.78, 5) is 15.7. The maximum Gasteiger partial charge on any atom is 0.152 e. The van der Waals surface area contributed by atoms with Crippen LogP contribution >= 0.6 is 0 Å². The van der Waals surface area contributed by atoms with Crippen molar-refractivity contribution in [3.8, 4) is 23.0 Å². The van der Waals surface area contributed by atoms with Crippen molar-refractivity contribution in [1.82, 2.24) is 4.98 Å². The van der Waals surface area contributed by atoms with Gasteiger partial charge < -0.3 is 0 Å². The Morgan fingerprint density at radius 1 is 0.818 bits per heavy atom. The largest absolute Gasteiger partial charge is 0.298 e. The topological polar surface area (TPSA) is 30.0 Å². The van der Waals surface area contributed by atoms with E-state index in [1.165, 1.54) is 0 Å². The molecule has 0 fully saturated rings. The molecule has 0 bridgehead atoms. The molecule has 0 unspecified atom stereocenters. The van der Waals surface area contributed by atoms with E-state index in [0.717, 1.165) is 23.0 Å². The Morgan fingerprint density at radius 2 is 1.50 bits per heavy atom. The molecule has 1 heterocycles. The van der Waals surface area contributed by atoms with Gasteiger partial charge in [-0.05, 0) is 29.7 Å². The molecule has 0 saturated carbocycles. The van der Waals surface area contributed by atoms with Gasteiger partial charge in [0.2, 0.25) is 0 Å². The Morgan fingerprint density at radius 3 is 2.18 bits per heavy atom. The fraction of sp³-hybridized carbons (Fsp3) is 0. The molecule has 2 heteroatoms. The molecular weight excluding hydrogens is 270 g/mol. The van der Waals surface area contributed by atoms with Gasteiger partial charge in [0, 0.05) is 22.9 Å². The number of benzene rings is 2. The molecule has 2 aromatic carbocycles. The summed E-state index contributed by atoms with van der Waals surface area (Å²) in [5.41, 5.74) is 3.84. The van der Waals surface area contributed by atoms with Crippen molar-refractivity contribution in [2.75, 3.05) is 0 Å². The van der Waals surface area contributed by atoms with Crippen molar-refractivity contribution in [2.45, 2.75) is 0 Å². The van der Waals surface area contributed by atoms with Crippen molar-refractivity contribution in [1.29, 1.82) is 0 Å². The molecule has 3 rings (SSSR count). The number of rotatable bonds is 2. The molecule has 104 valence electrons. The average Bonchev–Trinajstić information content (AvgIpc) is 2.61. The summed E-state index contributed by atoms with van der Waals surface area (Å²) < 4.78 is 0. The number of aldehydes is 1. The standard InChI is InChI=1S/C20H13NO/c22-15-19-13-18(17-9-5-2-6-10-17)14-21-20(19)12-11-16-7-3-1-4-8-16/h1-10,13-15H. The maximum atomic E-state index is 11.3. The van der Waals surface area contributed by atoms with Crippen LogP contribution in [-0.2, 0) is 0 Å². The van der Waals surface area contributed by atoms with Gasteiger partial charge in [-0.2, -0.15) is 0 Å². The maximum absolute atomic E-state index is 11.3. The van der Waals surface area contributed by atoms with Gasteiger partial charge in [-0.1, -0.05) is 54.5 Å². The fourth-order valence-corrected chi connectivity index (χ4v) is 2.12. The Labute approximate surface area is 129 Å². The second kappa shape index (κ2) is 6.51. The van der Waals surface area contributed by atoms with E-state index >= 15 is 0 Å². The predicted octanol–water partition coefficient (Wildman–Crippen LogP) is 3.96. The van der Waals surface area contributed by atoms with E-state index in [1.54, 1.807) is 6.20 Å². The van der Waals surface area contributed by atoms with E-state index in [1.807, 2.05) is 66.7 Å². The van der Waals surface area contributed by atoms with Crippen LogP contribution in [0.3, 0.4) is 0 Å². The molecule has 3 aromatic rings. The smallest absolute Gasteiger partial charge is 0.152 e. The molecule has 0 aliphatic carbocycles. The Kier molecular flexibility index (Phi) is 4.08. The molecule has 22 heavy (non-hydrogen) atoms. The van der Waals surface area contributed by atoms with Gasteiger partial charge in [0.1, 0.15) is 5.69 Å². The van der Waals surface area contributed by atoms with Crippen LogP contribution in [0.15, 0.2) is 72.9 Å². The van der Waals surface area contributed by atoms with Crippen LogP contribution in [0.25, 0.3) is 11.1 Å². The zero-order chi connectivity index (χ0) is 15.2. The number of aromatic nitrogens is 1. The molecule has 0 aliphatic rings. The molecule has 1 aromatic heterocycles. The van der Waals surface area contributed by atoms with Crippen molar-refractivity contribution in [3.05, 3.63) is 89.7 Å². The van der Waals surface area contributed by atoms with Gasteiger partial charge in [-0.25, -0.2) is 4.98 Å². The van der Waals surface area contributed by atoms with E-state index in [9.17, 15) is 4.79 Å². The van der Waals surface area contributed by atoms with Crippen LogP contribution in [0.4, 0.5) is 0 Å². The van der Waals surface area contributed by atoms with Gasteiger partial charge in [-0.15, -0.1) is 0 Å². The van der Waals surface area contributed by atoms with Gasteiger partial charge in [0.25, 0.3) is 0 Å². The third kappa shape index (κ3) is 3.11. The minimum atomic E-state index is 0.499. The Hall–Kier alpha value is -3.18. The van der Waals surface area contributed by atoms with Crippen LogP contribution in [0.2, 0.25) is 0 Å². The number of carbonyl (C=O) groups excluding carboxylic acids is 1. The summed E-state index contributed by atoms with van der Waals surface area (Å²) in [6.07, 6.45) is 2.55. The average molecular weight is 283 g/mol. The fourth-order valence-electron chi connectivity index (χ4n) is 2.12. The molecule has 0 N–H and O–H groups in total. The molecular formula is C20H13NO. The van der Waals surface area contributed by atoms with E-state index in [2.05, 4.69) is 16.8 Å². The number of carbonyl (C=O) groups is 1. The van der Waals surface area contributed by atoms with Crippen LogP contribution in [0, 0.1) is 11.8 Å². The van der Waals surface area contributed by atoms with E-state index < -0.39 is 0 Å². The van der Waals surface area contributed by atoms with Crippen LogP contribution in [0.5, 0.6) is 0 Å². The summed E-state index contributed by atoms with van der Waals surface area (Å²) in [5, 5.41) is 0. The number of hydrogen-bond acceptors (Lipinski definition) is 2. The number of pyridine rings is 1. The minimum Gasteiger partial charge on any atom is -0.298 e. The number of hydrogen-bond donors (Lipinski definition) is 0. The second-order valence-electron chi connectivity index (χ2n) is 4.76. The highest BCUT2D eigenvalue weighted by Gasteiger charge is 2.04. The predicted molar refractivity (Wildman–Crippen MR) is 87.5 cm³/mol. The first-order valence-corrected chi connectivity index (χ1v) is 6.94. The van der Waals surface area contributed by atoms with Crippen LogP contribution in [-0.4, -0.2) is 11.3 Å². The van der Waals surface area contributed by atoms with Crippen molar-refractivity contribution in [3.63, 3.8) is 0 Å². The molecule has 0 radical (unpaired) electrons. The summed E-state index contributed by atoms with van der Waals surface area (Å²) in [6, 6.07) is 21.3. The lowest BCUT2D eigenvalue weighted by Crippen LogP contribution is -1.93. The monoisotopic (exact) mass is 283 g/mol. The van der Waals surface area contributed by atoms with Gasteiger partial charge in [0.15, 0.2) is 6.29 Å². The van der Waals surface area contributed by atoms with E-state index in [4.69, 9.17) is 0 Å². The molecule has 0 spiro atoms.